The lowest BCUT2D eigenvalue weighted by molar-refractivity contribution is 1.26. The van der Waals surface area contributed by atoms with Crippen molar-refractivity contribution in [1.82, 2.24) is 8.75 Å². The van der Waals surface area contributed by atoms with Gasteiger partial charge in [0.1, 0.15) is 11.0 Å². The van der Waals surface area contributed by atoms with Gasteiger partial charge in [0.2, 0.25) is 0 Å². The third kappa shape index (κ3) is 5.26. The summed E-state index contributed by atoms with van der Waals surface area (Å²) in [5, 5.41) is 0. The summed E-state index contributed by atoms with van der Waals surface area (Å²) in [6, 6.07) is 4.43. The van der Waals surface area contributed by atoms with Crippen LogP contribution in [0.5, 0.6) is 0 Å². The second-order valence-electron chi connectivity index (χ2n) is 5.89. The van der Waals surface area contributed by atoms with E-state index < -0.39 is 0 Å². The summed E-state index contributed by atoms with van der Waals surface area (Å²) < 4.78 is 9.12. The zero-order chi connectivity index (χ0) is 20.4. The monoisotopic (exact) mass is 382 g/mol. The summed E-state index contributed by atoms with van der Waals surface area (Å²) in [5.74, 6) is 0. The molecular weight excluding hydrogens is 348 g/mol. The van der Waals surface area contributed by atoms with Gasteiger partial charge in [-0.1, -0.05) is 89.1 Å². The minimum absolute atomic E-state index is 1.02. The van der Waals surface area contributed by atoms with Crippen molar-refractivity contribution in [3.63, 3.8) is 0 Å². The van der Waals surface area contributed by atoms with E-state index in [1.165, 1.54) is 45.1 Å². The molecule has 2 nitrogen and oxygen atoms in total. The van der Waals surface area contributed by atoms with Crippen LogP contribution in [0.15, 0.2) is 47.6 Å². The minimum Gasteiger partial charge on any atom is -0.172 e. The highest BCUT2D eigenvalue weighted by Crippen LogP contribution is 2.37. The molecule has 4 rings (SSSR count). The molecule has 0 fully saturated rings. The van der Waals surface area contributed by atoms with Gasteiger partial charge in [-0.2, -0.15) is 8.75 Å². The van der Waals surface area contributed by atoms with E-state index in [9.17, 15) is 0 Å². The summed E-state index contributed by atoms with van der Waals surface area (Å²) in [7, 11) is 0. The first-order valence-electron chi connectivity index (χ1n) is 10.2. The molecular formula is C24H34N2S. The average Bonchev–Trinajstić information content (AvgIpc) is 3.47. The summed E-state index contributed by atoms with van der Waals surface area (Å²) in [6.07, 6.45) is 10.9. The molecule has 3 heteroatoms. The topological polar surface area (TPSA) is 25.8 Å². The molecule has 0 aliphatic heterocycles. The lowest BCUT2D eigenvalue weighted by Crippen LogP contribution is -1.91. The summed E-state index contributed by atoms with van der Waals surface area (Å²) in [6.45, 7) is 16.3. The molecule has 1 aromatic carbocycles. The summed E-state index contributed by atoms with van der Waals surface area (Å²) in [5.41, 5.74) is 10.1. The molecule has 146 valence electrons. The molecule has 27 heavy (non-hydrogen) atoms. The third-order valence-electron chi connectivity index (χ3n) is 4.18. The highest BCUT2D eigenvalue weighted by Gasteiger charge is 2.18. The standard InChI is InChI=1S/C18H16N2S.3C2H6/c1-11-3-5-13(9-11)15-7-8-16(14-6-4-12(2)10-14)18-17(15)19-21-20-18;3*1-2/h3-8H,9-10H2,1-2H3;3*1-2H3. The number of nitrogens with zero attached hydrogens (tertiary/aromatic N) is 2. The smallest absolute Gasteiger partial charge is 0.112 e. The molecule has 2 aromatic rings. The fourth-order valence-corrected chi connectivity index (χ4v) is 3.65. The van der Waals surface area contributed by atoms with Crippen molar-refractivity contribution < 1.29 is 0 Å². The van der Waals surface area contributed by atoms with E-state index >= 15 is 0 Å². The fourth-order valence-electron chi connectivity index (χ4n) is 3.08. The first-order chi connectivity index (χ1) is 13.2. The molecule has 0 bridgehead atoms. The highest BCUT2D eigenvalue weighted by molar-refractivity contribution is 7.00. The van der Waals surface area contributed by atoms with E-state index in [1.807, 2.05) is 41.5 Å². The Labute approximate surface area is 169 Å². The molecule has 0 atom stereocenters. The Kier molecular flexibility index (Phi) is 9.95. The molecule has 1 heterocycles. The molecule has 0 N–H and O–H groups in total. The third-order valence-corrected chi connectivity index (χ3v) is 4.71. The van der Waals surface area contributed by atoms with Crippen LogP contribution in [0.4, 0.5) is 0 Å². The van der Waals surface area contributed by atoms with Crippen LogP contribution < -0.4 is 0 Å². The van der Waals surface area contributed by atoms with Crippen molar-refractivity contribution in [3.05, 3.63) is 58.7 Å². The Morgan fingerprint density at radius 3 is 1.30 bits per heavy atom. The SMILES string of the molecule is CC.CC.CC.CC1=CC=C(c2ccc(C3=CC=C(C)C3)c3nsnc23)C1. The van der Waals surface area contributed by atoms with Gasteiger partial charge in [0.05, 0.1) is 11.7 Å². The predicted octanol–water partition coefficient (Wildman–Crippen LogP) is 8.24. The van der Waals surface area contributed by atoms with Crippen LogP contribution in [0.3, 0.4) is 0 Å². The molecule has 0 amide bonds. The van der Waals surface area contributed by atoms with Crippen molar-refractivity contribution >= 4 is 33.9 Å². The molecule has 0 spiro atoms. The normalized spacial score (nSPS) is 14.5. The van der Waals surface area contributed by atoms with Crippen molar-refractivity contribution in [3.8, 4) is 0 Å². The van der Waals surface area contributed by atoms with Crippen LogP contribution in [-0.2, 0) is 0 Å². The highest BCUT2D eigenvalue weighted by atomic mass is 32.1. The fraction of sp³-hybridized carbons (Fsp3) is 0.417. The first-order valence-corrected chi connectivity index (χ1v) is 10.9. The van der Waals surface area contributed by atoms with Crippen LogP contribution in [0.2, 0.25) is 0 Å². The number of allylic oxidation sites excluding steroid dienone is 8. The van der Waals surface area contributed by atoms with Gasteiger partial charge in [-0.25, -0.2) is 0 Å². The zero-order valence-electron chi connectivity index (χ0n) is 18.2. The summed E-state index contributed by atoms with van der Waals surface area (Å²) >= 11 is 1.31. The van der Waals surface area contributed by atoms with Crippen LogP contribution in [-0.4, -0.2) is 8.75 Å². The van der Waals surface area contributed by atoms with Gasteiger partial charge in [-0.05, 0) is 37.8 Å². The summed E-state index contributed by atoms with van der Waals surface area (Å²) in [4.78, 5) is 0. The van der Waals surface area contributed by atoms with Crippen molar-refractivity contribution in [2.24, 2.45) is 0 Å². The maximum absolute atomic E-state index is 4.56. The van der Waals surface area contributed by atoms with E-state index in [2.05, 4.69) is 59.0 Å². The second kappa shape index (κ2) is 11.7. The van der Waals surface area contributed by atoms with Crippen LogP contribution >= 0.6 is 11.7 Å². The van der Waals surface area contributed by atoms with Gasteiger partial charge >= 0.3 is 0 Å². The molecule has 0 saturated heterocycles. The average molecular weight is 383 g/mol. The number of fused-ring (bicyclic) bond motifs is 1. The van der Waals surface area contributed by atoms with Crippen molar-refractivity contribution in [2.45, 2.75) is 68.2 Å². The van der Waals surface area contributed by atoms with Crippen LogP contribution in [0, 0.1) is 0 Å². The van der Waals surface area contributed by atoms with Crippen molar-refractivity contribution in [1.29, 1.82) is 0 Å². The predicted molar refractivity (Wildman–Crippen MR) is 124 cm³/mol. The first kappa shape index (κ1) is 23.0. The zero-order valence-corrected chi connectivity index (χ0v) is 19.0. The Balaban J connectivity index is 0.000000556. The molecule has 0 radical (unpaired) electrons. The van der Waals surface area contributed by atoms with E-state index in [0.29, 0.717) is 0 Å². The molecule has 0 unspecified atom stereocenters. The largest absolute Gasteiger partial charge is 0.172 e. The lowest BCUT2D eigenvalue weighted by atomic mass is 9.95. The number of rotatable bonds is 2. The van der Waals surface area contributed by atoms with Gasteiger partial charge in [0.25, 0.3) is 0 Å². The van der Waals surface area contributed by atoms with Crippen LogP contribution in [0.1, 0.15) is 79.4 Å². The van der Waals surface area contributed by atoms with Gasteiger partial charge in [-0.15, -0.1) is 0 Å². The van der Waals surface area contributed by atoms with Gasteiger partial charge in [-0.3, -0.25) is 0 Å². The van der Waals surface area contributed by atoms with E-state index in [1.54, 1.807) is 0 Å². The number of benzene rings is 1. The maximum atomic E-state index is 4.56. The van der Waals surface area contributed by atoms with E-state index in [4.69, 9.17) is 0 Å². The van der Waals surface area contributed by atoms with E-state index in [0.717, 1.165) is 23.9 Å². The van der Waals surface area contributed by atoms with Gasteiger partial charge < -0.3 is 0 Å². The quantitative estimate of drug-likeness (QED) is 0.522. The minimum atomic E-state index is 1.02. The Bertz CT molecular complexity index is 794. The van der Waals surface area contributed by atoms with Gasteiger partial charge in [0.15, 0.2) is 0 Å². The van der Waals surface area contributed by atoms with Crippen molar-refractivity contribution in [2.75, 3.05) is 0 Å². The Hall–Kier alpha value is -2.00. The lowest BCUT2D eigenvalue weighted by Gasteiger charge is -2.09. The van der Waals surface area contributed by atoms with Crippen LogP contribution in [0.25, 0.3) is 22.2 Å². The van der Waals surface area contributed by atoms with E-state index in [-0.39, 0.29) is 0 Å². The number of hydrogen-bond acceptors (Lipinski definition) is 3. The number of aromatic nitrogens is 2. The second-order valence-corrected chi connectivity index (χ2v) is 6.41. The maximum Gasteiger partial charge on any atom is 0.112 e. The Morgan fingerprint density at radius 2 is 1.00 bits per heavy atom. The molecule has 2 aliphatic rings. The Morgan fingerprint density at radius 1 is 0.630 bits per heavy atom. The molecule has 1 aromatic heterocycles. The number of hydrogen-bond donors (Lipinski definition) is 0. The van der Waals surface area contributed by atoms with Gasteiger partial charge in [0, 0.05) is 11.1 Å². The molecule has 0 saturated carbocycles. The molecule has 2 aliphatic carbocycles.